The van der Waals surface area contributed by atoms with Gasteiger partial charge in [-0.05, 0) is 48.9 Å². The maximum absolute atomic E-state index is 13.7. The Balaban J connectivity index is 1.51. The van der Waals surface area contributed by atoms with Crippen molar-refractivity contribution < 1.29 is 27.9 Å². The van der Waals surface area contributed by atoms with Crippen LogP contribution in [0.4, 0.5) is 14.9 Å². The molecule has 1 aliphatic rings. The maximum atomic E-state index is 13.7. The molecule has 0 radical (unpaired) electrons. The van der Waals surface area contributed by atoms with E-state index in [4.69, 9.17) is 13.9 Å². The van der Waals surface area contributed by atoms with Gasteiger partial charge in [0.05, 0.1) is 26.9 Å². The monoisotopic (exact) mass is 538 g/mol. The first-order valence-electron chi connectivity index (χ1n) is 13.0. The maximum Gasteiger partial charge on any atom is 0.322 e. The Morgan fingerprint density at radius 2 is 1.79 bits per heavy atom. The van der Waals surface area contributed by atoms with Crippen LogP contribution in [0, 0.1) is 12.7 Å². The summed E-state index contributed by atoms with van der Waals surface area (Å²) in [5.74, 6) is 1.38. The van der Waals surface area contributed by atoms with E-state index in [-0.39, 0.29) is 37.4 Å². The summed E-state index contributed by atoms with van der Waals surface area (Å²) in [6.07, 6.45) is 0. The van der Waals surface area contributed by atoms with Crippen molar-refractivity contribution in [2.45, 2.75) is 20.0 Å². The number of aryl methyl sites for hydroxylation is 1. The minimum atomic E-state index is -0.388. The number of ether oxygens (including phenoxy) is 2. The zero-order valence-corrected chi connectivity index (χ0v) is 22.4. The van der Waals surface area contributed by atoms with Gasteiger partial charge in [-0.15, -0.1) is 0 Å². The van der Waals surface area contributed by atoms with Crippen LogP contribution in [0.3, 0.4) is 0 Å². The average molecular weight is 539 g/mol. The van der Waals surface area contributed by atoms with Crippen molar-refractivity contribution in [1.82, 2.24) is 14.7 Å². The van der Waals surface area contributed by atoms with Gasteiger partial charge in [0, 0.05) is 44.5 Å². The van der Waals surface area contributed by atoms with Crippen LogP contribution in [-0.4, -0.2) is 79.7 Å². The Bertz CT molecular complexity index is 1230. The number of furan rings is 1. The van der Waals surface area contributed by atoms with Gasteiger partial charge in [0.25, 0.3) is 0 Å². The first-order valence-corrected chi connectivity index (χ1v) is 13.0. The van der Waals surface area contributed by atoms with Crippen molar-refractivity contribution in [3.63, 3.8) is 0 Å². The number of benzene rings is 2. The van der Waals surface area contributed by atoms with Crippen molar-refractivity contribution >= 4 is 17.6 Å². The lowest BCUT2D eigenvalue weighted by Crippen LogP contribution is -2.48. The summed E-state index contributed by atoms with van der Waals surface area (Å²) in [7, 11) is 1.56. The summed E-state index contributed by atoms with van der Waals surface area (Å²) in [4.78, 5) is 32.4. The van der Waals surface area contributed by atoms with E-state index < -0.39 is 0 Å². The lowest BCUT2D eigenvalue weighted by atomic mass is 10.2. The molecule has 1 aliphatic heterocycles. The highest BCUT2D eigenvalue weighted by Crippen LogP contribution is 2.18. The zero-order chi connectivity index (χ0) is 27.6. The molecule has 0 bridgehead atoms. The summed E-state index contributed by atoms with van der Waals surface area (Å²) < 4.78 is 29.9. The molecule has 0 unspecified atom stereocenters. The number of anilines is 1. The quantitative estimate of drug-likeness (QED) is 0.395. The predicted octanol–water partition coefficient (Wildman–Crippen LogP) is 4.13. The van der Waals surface area contributed by atoms with Crippen molar-refractivity contribution in [1.29, 1.82) is 0 Å². The van der Waals surface area contributed by atoms with E-state index in [1.807, 2.05) is 19.1 Å². The van der Waals surface area contributed by atoms with E-state index in [0.29, 0.717) is 43.5 Å². The molecule has 2 aromatic carbocycles. The van der Waals surface area contributed by atoms with Crippen molar-refractivity contribution in [2.75, 3.05) is 58.4 Å². The van der Waals surface area contributed by atoms with Crippen LogP contribution < -0.4 is 10.1 Å². The van der Waals surface area contributed by atoms with Gasteiger partial charge in [-0.3, -0.25) is 9.69 Å². The smallest absolute Gasteiger partial charge is 0.322 e. The Labute approximate surface area is 228 Å². The van der Waals surface area contributed by atoms with Crippen molar-refractivity contribution in [2.24, 2.45) is 0 Å². The highest BCUT2D eigenvalue weighted by molar-refractivity contribution is 5.92. The molecule has 1 fully saturated rings. The Morgan fingerprint density at radius 1 is 1.03 bits per heavy atom. The molecule has 1 saturated heterocycles. The van der Waals surface area contributed by atoms with E-state index in [1.54, 1.807) is 48.4 Å². The molecule has 208 valence electrons. The SMILES string of the molecule is COc1cccc(NC(=O)N(CCN2CCOCC2)CC(=O)N(Cc2ccc(F)cc2)Cc2ccc(C)o2)c1. The number of hydrogen-bond donors (Lipinski definition) is 1. The summed E-state index contributed by atoms with van der Waals surface area (Å²) in [6, 6.07) is 16.4. The number of morpholine rings is 1. The third-order valence-corrected chi connectivity index (χ3v) is 6.51. The van der Waals surface area contributed by atoms with E-state index in [9.17, 15) is 14.0 Å². The van der Waals surface area contributed by atoms with Gasteiger partial charge in [-0.2, -0.15) is 0 Å². The summed E-state index contributed by atoms with van der Waals surface area (Å²) in [5.41, 5.74) is 1.34. The second-order valence-electron chi connectivity index (χ2n) is 9.43. The van der Waals surface area contributed by atoms with Gasteiger partial charge in [0.15, 0.2) is 0 Å². The predicted molar refractivity (Wildman–Crippen MR) is 145 cm³/mol. The number of carbonyl (C=O) groups is 2. The number of nitrogens with zero attached hydrogens (tertiary/aromatic N) is 3. The minimum Gasteiger partial charge on any atom is -0.497 e. The number of rotatable bonds is 11. The van der Waals surface area contributed by atoms with Gasteiger partial charge in [-0.25, -0.2) is 9.18 Å². The van der Waals surface area contributed by atoms with Gasteiger partial charge in [0.2, 0.25) is 5.91 Å². The first kappa shape index (κ1) is 28.1. The molecule has 1 N–H and O–H groups in total. The Hall–Kier alpha value is -3.89. The van der Waals surface area contributed by atoms with E-state index in [2.05, 4.69) is 10.2 Å². The van der Waals surface area contributed by atoms with Crippen LogP contribution in [0.25, 0.3) is 0 Å². The zero-order valence-electron chi connectivity index (χ0n) is 22.4. The van der Waals surface area contributed by atoms with E-state index in [0.717, 1.165) is 24.4 Å². The largest absolute Gasteiger partial charge is 0.497 e. The minimum absolute atomic E-state index is 0.138. The number of carbonyl (C=O) groups excluding carboxylic acids is 2. The van der Waals surface area contributed by atoms with Gasteiger partial charge >= 0.3 is 6.03 Å². The Kier molecular flexibility index (Phi) is 9.93. The molecule has 3 aromatic rings. The molecular formula is C29H35FN4O5. The van der Waals surface area contributed by atoms with Crippen molar-refractivity contribution in [3.8, 4) is 5.75 Å². The highest BCUT2D eigenvalue weighted by Gasteiger charge is 2.24. The van der Waals surface area contributed by atoms with Crippen LogP contribution in [0.5, 0.6) is 5.75 Å². The summed E-state index contributed by atoms with van der Waals surface area (Å²) in [5, 5.41) is 2.89. The number of urea groups is 1. The second kappa shape index (κ2) is 13.8. The van der Waals surface area contributed by atoms with Gasteiger partial charge in [-0.1, -0.05) is 18.2 Å². The molecule has 3 amide bonds. The number of methoxy groups -OCH3 is 1. The number of amides is 3. The molecule has 39 heavy (non-hydrogen) atoms. The van der Waals surface area contributed by atoms with Gasteiger partial charge < -0.3 is 29.0 Å². The van der Waals surface area contributed by atoms with E-state index >= 15 is 0 Å². The van der Waals surface area contributed by atoms with Crippen LogP contribution in [0.1, 0.15) is 17.1 Å². The molecule has 10 heteroatoms. The molecule has 1 aromatic heterocycles. The fourth-order valence-electron chi connectivity index (χ4n) is 4.31. The fraction of sp³-hybridized carbons (Fsp3) is 0.379. The third-order valence-electron chi connectivity index (χ3n) is 6.51. The molecule has 0 saturated carbocycles. The molecule has 2 heterocycles. The van der Waals surface area contributed by atoms with Crippen LogP contribution in [0.15, 0.2) is 65.1 Å². The lowest BCUT2D eigenvalue weighted by Gasteiger charge is -2.31. The number of halogens is 1. The molecular weight excluding hydrogens is 503 g/mol. The molecule has 0 spiro atoms. The van der Waals surface area contributed by atoms with Crippen molar-refractivity contribution in [3.05, 3.63) is 83.6 Å². The highest BCUT2D eigenvalue weighted by atomic mass is 19.1. The first-order chi connectivity index (χ1) is 18.9. The lowest BCUT2D eigenvalue weighted by molar-refractivity contribution is -0.133. The van der Waals surface area contributed by atoms with Crippen LogP contribution in [0.2, 0.25) is 0 Å². The molecule has 9 nitrogen and oxygen atoms in total. The van der Waals surface area contributed by atoms with E-state index in [1.165, 1.54) is 17.0 Å². The number of nitrogens with one attached hydrogen (secondary N) is 1. The second-order valence-corrected chi connectivity index (χ2v) is 9.43. The molecule has 4 rings (SSSR count). The fourth-order valence-corrected chi connectivity index (χ4v) is 4.31. The van der Waals surface area contributed by atoms with Gasteiger partial charge in [0.1, 0.15) is 29.6 Å². The third kappa shape index (κ3) is 8.56. The molecule has 0 aliphatic carbocycles. The summed E-state index contributed by atoms with van der Waals surface area (Å²) >= 11 is 0. The van der Waals surface area contributed by atoms with Crippen LogP contribution in [-0.2, 0) is 22.6 Å². The standard InChI is InChI=1S/C29H35FN4O5/c1-22-6-11-27(39-22)20-34(19-23-7-9-24(30)10-8-23)28(35)21-33(13-12-32-14-16-38-17-15-32)29(36)31-25-4-3-5-26(18-25)37-2/h3-11,18H,12-17,19-21H2,1-2H3,(H,31,36). The normalized spacial score (nSPS) is 13.6. The Morgan fingerprint density at radius 3 is 2.49 bits per heavy atom. The average Bonchev–Trinajstić information content (AvgIpc) is 3.36. The molecule has 0 atom stereocenters. The number of hydrogen-bond acceptors (Lipinski definition) is 6. The topological polar surface area (TPSA) is 87.5 Å². The van der Waals surface area contributed by atoms with Crippen LogP contribution >= 0.6 is 0 Å². The summed E-state index contributed by atoms with van der Waals surface area (Å²) in [6.45, 7) is 5.95.